The van der Waals surface area contributed by atoms with Crippen molar-refractivity contribution in [2.45, 2.75) is 47.1 Å². The number of carboxylic acids is 1. The lowest BCUT2D eigenvalue weighted by Crippen LogP contribution is -2.39. The summed E-state index contributed by atoms with van der Waals surface area (Å²) in [5.41, 5.74) is 0.334. The van der Waals surface area contributed by atoms with Crippen LogP contribution in [-0.4, -0.2) is 35.1 Å². The number of nitrogens with zero attached hydrogens (tertiary/aromatic N) is 1. The summed E-state index contributed by atoms with van der Waals surface area (Å²) in [6.07, 6.45) is 1.19. The molecule has 0 saturated carbocycles. The van der Waals surface area contributed by atoms with Crippen molar-refractivity contribution < 1.29 is 9.90 Å². The van der Waals surface area contributed by atoms with Crippen LogP contribution in [0.3, 0.4) is 0 Å². The van der Waals surface area contributed by atoms with Crippen LogP contribution >= 0.6 is 0 Å². The maximum Gasteiger partial charge on any atom is 0.307 e. The maximum absolute atomic E-state index is 10.9. The highest BCUT2D eigenvalue weighted by molar-refractivity contribution is 5.70. The molecule has 1 aliphatic rings. The highest BCUT2D eigenvalue weighted by atomic mass is 16.4. The molecule has 1 heterocycles. The highest BCUT2D eigenvalue weighted by Gasteiger charge is 2.35. The molecule has 0 bridgehead atoms. The summed E-state index contributed by atoms with van der Waals surface area (Å²) in [4.78, 5) is 13.3. The number of hydrogen-bond acceptors (Lipinski definition) is 2. The standard InChI is InChI=1S/C13H25NO2/c1-9(12(15)16)10(2)14-7-6-11(8-14)13(3,4)5/h9-11H,6-8H2,1-5H3,(H,15,16). The van der Waals surface area contributed by atoms with E-state index in [4.69, 9.17) is 5.11 Å². The summed E-state index contributed by atoms with van der Waals surface area (Å²) in [5, 5.41) is 9.01. The second-order valence-corrected chi connectivity index (χ2v) is 6.21. The summed E-state index contributed by atoms with van der Waals surface area (Å²) in [7, 11) is 0. The fourth-order valence-corrected chi connectivity index (χ4v) is 2.39. The van der Waals surface area contributed by atoms with Crippen LogP contribution < -0.4 is 0 Å². The molecule has 16 heavy (non-hydrogen) atoms. The topological polar surface area (TPSA) is 40.5 Å². The molecule has 1 N–H and O–H groups in total. The second kappa shape index (κ2) is 4.74. The third kappa shape index (κ3) is 2.97. The van der Waals surface area contributed by atoms with Crippen LogP contribution in [0, 0.1) is 17.3 Å². The van der Waals surface area contributed by atoms with Gasteiger partial charge in [0.1, 0.15) is 0 Å². The van der Waals surface area contributed by atoms with Gasteiger partial charge in [0.25, 0.3) is 0 Å². The van der Waals surface area contributed by atoms with E-state index in [0.29, 0.717) is 11.3 Å². The van der Waals surface area contributed by atoms with E-state index in [-0.39, 0.29) is 12.0 Å². The molecule has 94 valence electrons. The predicted octanol–water partition coefficient (Wildman–Crippen LogP) is 2.46. The van der Waals surface area contributed by atoms with Gasteiger partial charge in [0, 0.05) is 12.6 Å². The van der Waals surface area contributed by atoms with E-state index < -0.39 is 5.97 Å². The molecule has 0 aliphatic carbocycles. The van der Waals surface area contributed by atoms with Gasteiger partial charge in [-0.15, -0.1) is 0 Å². The first-order valence-corrected chi connectivity index (χ1v) is 6.20. The van der Waals surface area contributed by atoms with Crippen molar-refractivity contribution >= 4 is 5.97 Å². The zero-order valence-electron chi connectivity index (χ0n) is 11.2. The lowest BCUT2D eigenvalue weighted by Gasteiger charge is -2.30. The van der Waals surface area contributed by atoms with Crippen LogP contribution in [0.1, 0.15) is 41.0 Å². The second-order valence-electron chi connectivity index (χ2n) is 6.21. The zero-order valence-corrected chi connectivity index (χ0v) is 11.2. The van der Waals surface area contributed by atoms with Gasteiger partial charge in [0.15, 0.2) is 0 Å². The van der Waals surface area contributed by atoms with Crippen molar-refractivity contribution in [3.63, 3.8) is 0 Å². The molecule has 3 atom stereocenters. The van der Waals surface area contributed by atoms with E-state index >= 15 is 0 Å². The van der Waals surface area contributed by atoms with Gasteiger partial charge in [-0.05, 0) is 31.2 Å². The Kier molecular flexibility index (Phi) is 4.00. The molecule has 0 aromatic heterocycles. The van der Waals surface area contributed by atoms with Crippen LogP contribution in [0.25, 0.3) is 0 Å². The van der Waals surface area contributed by atoms with E-state index in [0.717, 1.165) is 13.1 Å². The quantitative estimate of drug-likeness (QED) is 0.805. The number of hydrogen-bond donors (Lipinski definition) is 1. The number of rotatable bonds is 3. The van der Waals surface area contributed by atoms with Crippen molar-refractivity contribution in [2.75, 3.05) is 13.1 Å². The minimum atomic E-state index is -0.688. The molecule has 0 radical (unpaired) electrons. The molecule has 0 aromatic rings. The lowest BCUT2D eigenvalue weighted by molar-refractivity contribution is -0.143. The predicted molar refractivity (Wildman–Crippen MR) is 65.4 cm³/mol. The van der Waals surface area contributed by atoms with Crippen molar-refractivity contribution in [3.8, 4) is 0 Å². The van der Waals surface area contributed by atoms with Gasteiger partial charge in [-0.1, -0.05) is 27.7 Å². The van der Waals surface area contributed by atoms with Crippen LogP contribution in [-0.2, 0) is 4.79 Å². The van der Waals surface area contributed by atoms with Gasteiger partial charge in [-0.2, -0.15) is 0 Å². The smallest absolute Gasteiger partial charge is 0.307 e. The lowest BCUT2D eigenvalue weighted by atomic mass is 9.80. The van der Waals surface area contributed by atoms with Gasteiger partial charge in [-0.3, -0.25) is 9.69 Å². The van der Waals surface area contributed by atoms with E-state index in [1.165, 1.54) is 6.42 Å². The third-order valence-corrected chi connectivity index (χ3v) is 4.13. The molecule has 0 spiro atoms. The van der Waals surface area contributed by atoms with Crippen molar-refractivity contribution in [1.29, 1.82) is 0 Å². The molecule has 3 nitrogen and oxygen atoms in total. The Hall–Kier alpha value is -0.570. The maximum atomic E-state index is 10.9. The van der Waals surface area contributed by atoms with Crippen LogP contribution in [0.4, 0.5) is 0 Å². The van der Waals surface area contributed by atoms with E-state index in [1.54, 1.807) is 6.92 Å². The summed E-state index contributed by atoms with van der Waals surface area (Å²) < 4.78 is 0. The first-order chi connectivity index (χ1) is 7.23. The summed E-state index contributed by atoms with van der Waals surface area (Å²) in [6.45, 7) is 12.7. The number of likely N-dealkylation sites (tertiary alicyclic amines) is 1. The fraction of sp³-hybridized carbons (Fsp3) is 0.923. The molecule has 3 unspecified atom stereocenters. The SMILES string of the molecule is CC(C(=O)O)C(C)N1CCC(C(C)(C)C)C1. The number of aliphatic carboxylic acids is 1. The minimum absolute atomic E-state index is 0.143. The van der Waals surface area contributed by atoms with Gasteiger partial charge in [0.2, 0.25) is 0 Å². The average Bonchev–Trinajstić information content (AvgIpc) is 2.63. The Morgan fingerprint density at radius 1 is 1.38 bits per heavy atom. The molecule has 0 aromatic carbocycles. The van der Waals surface area contributed by atoms with Gasteiger partial charge in [-0.25, -0.2) is 0 Å². The molecule has 3 heteroatoms. The minimum Gasteiger partial charge on any atom is -0.481 e. The van der Waals surface area contributed by atoms with Gasteiger partial charge >= 0.3 is 5.97 Å². The van der Waals surface area contributed by atoms with Gasteiger partial charge in [0.05, 0.1) is 5.92 Å². The summed E-state index contributed by atoms with van der Waals surface area (Å²) in [6, 6.07) is 0.143. The fourth-order valence-electron chi connectivity index (χ4n) is 2.39. The normalized spacial score (nSPS) is 26.7. The molecule has 1 aliphatic heterocycles. The molecule has 1 fully saturated rings. The van der Waals surface area contributed by atoms with Crippen molar-refractivity contribution in [3.05, 3.63) is 0 Å². The number of carboxylic acid groups (broad SMARTS) is 1. The first kappa shape index (κ1) is 13.5. The van der Waals surface area contributed by atoms with E-state index in [9.17, 15) is 4.79 Å². The molecular weight excluding hydrogens is 202 g/mol. The average molecular weight is 227 g/mol. The summed E-state index contributed by atoms with van der Waals surface area (Å²) >= 11 is 0. The van der Waals surface area contributed by atoms with Crippen LogP contribution in [0.5, 0.6) is 0 Å². The van der Waals surface area contributed by atoms with Crippen molar-refractivity contribution in [1.82, 2.24) is 4.90 Å². The third-order valence-electron chi connectivity index (χ3n) is 4.13. The Labute approximate surface area is 98.8 Å². The van der Waals surface area contributed by atoms with Crippen molar-refractivity contribution in [2.24, 2.45) is 17.3 Å². The highest BCUT2D eigenvalue weighted by Crippen LogP contribution is 2.35. The largest absolute Gasteiger partial charge is 0.481 e. The number of carbonyl (C=O) groups is 1. The Bertz CT molecular complexity index is 257. The zero-order chi connectivity index (χ0) is 12.5. The van der Waals surface area contributed by atoms with E-state index in [1.807, 2.05) is 6.92 Å². The Morgan fingerprint density at radius 3 is 2.31 bits per heavy atom. The first-order valence-electron chi connectivity index (χ1n) is 6.20. The van der Waals surface area contributed by atoms with E-state index in [2.05, 4.69) is 25.7 Å². The Morgan fingerprint density at radius 2 is 1.94 bits per heavy atom. The Balaban J connectivity index is 2.56. The molecule has 0 amide bonds. The van der Waals surface area contributed by atoms with Gasteiger partial charge < -0.3 is 5.11 Å². The summed E-state index contributed by atoms with van der Waals surface area (Å²) in [5.74, 6) is -0.277. The molecular formula is C13H25NO2. The van der Waals surface area contributed by atoms with Crippen LogP contribution in [0.2, 0.25) is 0 Å². The van der Waals surface area contributed by atoms with Crippen LogP contribution in [0.15, 0.2) is 0 Å². The molecule has 1 rings (SSSR count). The monoisotopic (exact) mass is 227 g/mol. The molecule has 1 saturated heterocycles.